The Hall–Kier alpha value is -2.08. The molecule has 0 amide bonds. The van der Waals surface area contributed by atoms with Crippen LogP contribution in [0.25, 0.3) is 32.3 Å². The number of benzene rings is 4. The Bertz CT molecular complexity index is 884. The van der Waals surface area contributed by atoms with E-state index in [-0.39, 0.29) is 0 Å². The molecule has 0 bridgehead atoms. The maximum atomic E-state index is 2.29. The second kappa shape index (κ2) is 4.21. The van der Waals surface area contributed by atoms with E-state index in [1.54, 1.807) is 0 Å². The minimum atomic E-state index is 1.06. The van der Waals surface area contributed by atoms with E-state index in [2.05, 4.69) is 68.4 Å². The molecular weight excluding hydrogens is 240 g/mol. The monoisotopic (exact) mass is 257 g/mol. The zero-order valence-electron chi connectivity index (χ0n) is 11.9. The van der Waals surface area contributed by atoms with Crippen LogP contribution in [0.2, 0.25) is 0 Å². The van der Waals surface area contributed by atoms with E-state index < -0.39 is 0 Å². The van der Waals surface area contributed by atoms with Crippen molar-refractivity contribution in [3.05, 3.63) is 66.1 Å². The number of hydrogen-bond acceptors (Lipinski definition) is 0. The van der Waals surface area contributed by atoms with E-state index in [0.717, 1.165) is 6.42 Å². The predicted molar refractivity (Wildman–Crippen MR) is 88.4 cm³/mol. The van der Waals surface area contributed by atoms with Gasteiger partial charge in [-0.1, -0.05) is 68.4 Å². The molecule has 0 fully saturated rings. The van der Waals surface area contributed by atoms with Crippen molar-refractivity contribution in [2.75, 3.05) is 0 Å². The van der Waals surface area contributed by atoms with E-state index in [9.17, 15) is 0 Å². The van der Waals surface area contributed by atoms with Crippen molar-refractivity contribution in [1.82, 2.24) is 0 Å². The third-order valence-corrected chi connectivity index (χ3v) is 4.16. The molecule has 0 aliphatic rings. The van der Waals surface area contributed by atoms with Gasteiger partial charge in [-0.15, -0.1) is 0 Å². The van der Waals surface area contributed by atoms with Crippen LogP contribution in [-0.4, -0.2) is 0 Å². The molecule has 1 radical (unpaired) electrons. The topological polar surface area (TPSA) is 0 Å². The minimum Gasteiger partial charge on any atom is -0.0610 e. The zero-order valence-corrected chi connectivity index (χ0v) is 11.9. The van der Waals surface area contributed by atoms with Crippen LogP contribution in [0.4, 0.5) is 0 Å². The molecule has 0 atom stereocenters. The normalized spacial score (nSPS) is 12.2. The van der Waals surface area contributed by atoms with Crippen LogP contribution in [-0.2, 0) is 6.42 Å². The quantitative estimate of drug-likeness (QED) is 0.402. The summed E-state index contributed by atoms with van der Waals surface area (Å²) in [7, 11) is 0. The highest BCUT2D eigenvalue weighted by Gasteiger charge is 2.11. The standard InChI is InChI=1S/C20H17/c1-13(2)12-17-9-8-16-7-6-14-4-3-5-15-10-11-18(17)20(16)19(14)15/h3-11H,12H2,1-2H3. The van der Waals surface area contributed by atoms with Gasteiger partial charge in [0.1, 0.15) is 0 Å². The average molecular weight is 257 g/mol. The van der Waals surface area contributed by atoms with Gasteiger partial charge < -0.3 is 0 Å². The fraction of sp³-hybridized carbons (Fsp3) is 0.150. The maximum Gasteiger partial charge on any atom is -0.00240 e. The summed E-state index contributed by atoms with van der Waals surface area (Å²) in [4.78, 5) is 0. The van der Waals surface area contributed by atoms with E-state index >= 15 is 0 Å². The molecule has 0 saturated carbocycles. The summed E-state index contributed by atoms with van der Waals surface area (Å²) in [5, 5.41) is 8.29. The highest BCUT2D eigenvalue weighted by molar-refractivity contribution is 6.23. The van der Waals surface area contributed by atoms with Gasteiger partial charge in [0.15, 0.2) is 0 Å². The second-order valence-corrected chi connectivity index (χ2v) is 5.96. The summed E-state index contributed by atoms with van der Waals surface area (Å²) in [6.45, 7) is 4.41. The van der Waals surface area contributed by atoms with Crippen LogP contribution < -0.4 is 0 Å². The Balaban J connectivity index is 2.20. The number of rotatable bonds is 2. The third-order valence-electron chi connectivity index (χ3n) is 4.16. The van der Waals surface area contributed by atoms with Gasteiger partial charge in [-0.3, -0.25) is 0 Å². The molecule has 0 heterocycles. The molecule has 0 saturated heterocycles. The van der Waals surface area contributed by atoms with Crippen molar-refractivity contribution < 1.29 is 0 Å². The molecule has 0 heteroatoms. The second-order valence-electron chi connectivity index (χ2n) is 5.96. The van der Waals surface area contributed by atoms with Gasteiger partial charge in [-0.25, -0.2) is 0 Å². The Labute approximate surface area is 119 Å². The largest absolute Gasteiger partial charge is 0.0610 e. The van der Waals surface area contributed by atoms with Gasteiger partial charge in [0.2, 0.25) is 0 Å². The summed E-state index contributed by atoms with van der Waals surface area (Å²) >= 11 is 0. The van der Waals surface area contributed by atoms with E-state index in [4.69, 9.17) is 0 Å². The lowest BCUT2D eigenvalue weighted by atomic mass is 9.89. The third kappa shape index (κ3) is 1.61. The Morgan fingerprint density at radius 1 is 0.700 bits per heavy atom. The van der Waals surface area contributed by atoms with E-state index in [0.29, 0.717) is 0 Å². The first-order valence-electron chi connectivity index (χ1n) is 7.18. The molecule has 4 rings (SSSR count). The lowest BCUT2D eigenvalue weighted by Gasteiger charge is -2.14. The lowest BCUT2D eigenvalue weighted by molar-refractivity contribution is 0.965. The van der Waals surface area contributed by atoms with Crippen molar-refractivity contribution in [1.29, 1.82) is 0 Å². The highest BCUT2D eigenvalue weighted by atomic mass is 14.1. The van der Waals surface area contributed by atoms with Crippen LogP contribution in [0.1, 0.15) is 19.4 Å². The van der Waals surface area contributed by atoms with Crippen LogP contribution >= 0.6 is 0 Å². The molecule has 0 unspecified atom stereocenters. The lowest BCUT2D eigenvalue weighted by Crippen LogP contribution is -1.94. The Kier molecular flexibility index (Phi) is 2.47. The average Bonchev–Trinajstić information content (AvgIpc) is 2.46. The zero-order chi connectivity index (χ0) is 13.7. The fourth-order valence-electron chi connectivity index (χ4n) is 3.33. The fourth-order valence-corrected chi connectivity index (χ4v) is 3.33. The maximum absolute atomic E-state index is 2.29. The van der Waals surface area contributed by atoms with Crippen LogP contribution in [0.3, 0.4) is 0 Å². The first kappa shape index (κ1) is 11.7. The summed E-state index contributed by atoms with van der Waals surface area (Å²) < 4.78 is 0. The molecule has 0 aliphatic heterocycles. The van der Waals surface area contributed by atoms with Crippen LogP contribution in [0, 0.1) is 5.92 Å². The van der Waals surface area contributed by atoms with Crippen molar-refractivity contribution in [3.8, 4) is 0 Å². The SMILES string of the molecule is C[C](C)Cc1ccc2ccc3cccc4ccc1c2c34. The Morgan fingerprint density at radius 3 is 2.00 bits per heavy atom. The summed E-state index contributed by atoms with van der Waals surface area (Å²) in [6.07, 6.45) is 1.06. The molecule has 0 aliphatic carbocycles. The van der Waals surface area contributed by atoms with Crippen molar-refractivity contribution in [2.45, 2.75) is 20.3 Å². The molecule has 4 aromatic rings. The molecule has 4 aromatic carbocycles. The van der Waals surface area contributed by atoms with Crippen molar-refractivity contribution in [3.63, 3.8) is 0 Å². The summed E-state index contributed by atoms with van der Waals surface area (Å²) in [6, 6.07) is 20.2. The van der Waals surface area contributed by atoms with Gasteiger partial charge >= 0.3 is 0 Å². The molecule has 0 aromatic heterocycles. The van der Waals surface area contributed by atoms with E-state index in [1.165, 1.54) is 43.8 Å². The summed E-state index contributed by atoms with van der Waals surface area (Å²) in [5.41, 5.74) is 1.44. The summed E-state index contributed by atoms with van der Waals surface area (Å²) in [5.74, 6) is 1.46. The van der Waals surface area contributed by atoms with Crippen LogP contribution in [0.15, 0.2) is 54.6 Å². The van der Waals surface area contributed by atoms with Gasteiger partial charge in [-0.2, -0.15) is 0 Å². The van der Waals surface area contributed by atoms with Crippen LogP contribution in [0.5, 0.6) is 0 Å². The molecular formula is C20H17. The first-order valence-corrected chi connectivity index (χ1v) is 7.18. The molecule has 20 heavy (non-hydrogen) atoms. The van der Waals surface area contributed by atoms with Gasteiger partial charge in [0.05, 0.1) is 0 Å². The molecule has 0 nitrogen and oxygen atoms in total. The first-order chi connectivity index (χ1) is 9.74. The molecule has 0 spiro atoms. The van der Waals surface area contributed by atoms with E-state index in [1.807, 2.05) is 0 Å². The predicted octanol–water partition coefficient (Wildman–Crippen LogP) is 5.74. The Morgan fingerprint density at radius 2 is 1.30 bits per heavy atom. The van der Waals surface area contributed by atoms with Crippen molar-refractivity contribution in [2.24, 2.45) is 0 Å². The molecule has 97 valence electrons. The van der Waals surface area contributed by atoms with Gasteiger partial charge in [0, 0.05) is 0 Å². The van der Waals surface area contributed by atoms with Gasteiger partial charge in [0.25, 0.3) is 0 Å². The van der Waals surface area contributed by atoms with Crippen molar-refractivity contribution >= 4 is 32.3 Å². The highest BCUT2D eigenvalue weighted by Crippen LogP contribution is 2.36. The van der Waals surface area contributed by atoms with Gasteiger partial charge in [-0.05, 0) is 50.2 Å². The minimum absolute atomic E-state index is 1.06. The molecule has 0 N–H and O–H groups in total. The number of hydrogen-bond donors (Lipinski definition) is 0. The smallest absolute Gasteiger partial charge is 0.00240 e.